The van der Waals surface area contributed by atoms with Gasteiger partial charge in [0.25, 0.3) is 5.91 Å². The minimum Gasteiger partial charge on any atom is -0.406 e. The molecule has 2 aromatic carbocycles. The van der Waals surface area contributed by atoms with Gasteiger partial charge in [-0.25, -0.2) is 0 Å². The van der Waals surface area contributed by atoms with Gasteiger partial charge in [-0.15, -0.1) is 13.2 Å². The third-order valence-corrected chi connectivity index (χ3v) is 3.52. The Morgan fingerprint density at radius 3 is 2.35 bits per heavy atom. The fourth-order valence-electron chi connectivity index (χ4n) is 2.25. The Bertz CT molecular complexity index is 901. The number of rotatable bonds is 4. The molecule has 0 saturated heterocycles. The molecule has 0 radical (unpaired) electrons. The number of ether oxygens (including phenoxy) is 1. The highest BCUT2D eigenvalue weighted by molar-refractivity contribution is 6.03. The van der Waals surface area contributed by atoms with Crippen molar-refractivity contribution >= 4 is 11.6 Å². The highest BCUT2D eigenvalue weighted by atomic mass is 19.4. The molecular weight excluding hydrogens is 347 g/mol. The molecule has 0 aliphatic carbocycles. The van der Waals surface area contributed by atoms with Crippen molar-refractivity contribution in [3.63, 3.8) is 0 Å². The van der Waals surface area contributed by atoms with Gasteiger partial charge in [0.05, 0.1) is 5.69 Å². The topological polar surface area (TPSA) is 67.0 Å². The Labute approximate surface area is 146 Å². The van der Waals surface area contributed by atoms with Crippen molar-refractivity contribution in [3.05, 3.63) is 65.9 Å². The Morgan fingerprint density at radius 2 is 1.73 bits per heavy atom. The molecule has 26 heavy (non-hydrogen) atoms. The van der Waals surface area contributed by atoms with Gasteiger partial charge < -0.3 is 10.1 Å². The summed E-state index contributed by atoms with van der Waals surface area (Å²) in [5, 5.41) is 9.32. The Morgan fingerprint density at radius 1 is 1.08 bits per heavy atom. The van der Waals surface area contributed by atoms with Crippen LogP contribution in [-0.4, -0.2) is 22.5 Å². The van der Waals surface area contributed by atoms with Crippen LogP contribution < -0.4 is 10.1 Å². The minimum absolute atomic E-state index is 0.233. The minimum atomic E-state index is -4.76. The summed E-state index contributed by atoms with van der Waals surface area (Å²) in [6, 6.07) is 14.1. The lowest BCUT2D eigenvalue weighted by Gasteiger charge is -2.09. The first-order chi connectivity index (χ1) is 12.3. The van der Waals surface area contributed by atoms with Gasteiger partial charge in [-0.05, 0) is 37.3 Å². The van der Waals surface area contributed by atoms with Crippen molar-refractivity contribution in [2.24, 2.45) is 0 Å². The molecule has 1 amide bonds. The third-order valence-electron chi connectivity index (χ3n) is 3.52. The number of alkyl halides is 3. The number of anilines is 1. The van der Waals surface area contributed by atoms with Crippen molar-refractivity contribution in [1.29, 1.82) is 0 Å². The van der Waals surface area contributed by atoms with Crippen molar-refractivity contribution in [2.45, 2.75) is 13.3 Å². The molecule has 1 aromatic heterocycles. The number of nitrogens with one attached hydrogen (secondary N) is 2. The number of aromatic nitrogens is 2. The molecule has 0 fully saturated rings. The lowest BCUT2D eigenvalue weighted by molar-refractivity contribution is -0.274. The van der Waals surface area contributed by atoms with Crippen LogP contribution in [0.3, 0.4) is 0 Å². The van der Waals surface area contributed by atoms with Crippen LogP contribution in [0.15, 0.2) is 54.6 Å². The number of H-pyrrole nitrogens is 1. The zero-order valence-corrected chi connectivity index (χ0v) is 13.6. The van der Waals surface area contributed by atoms with Crippen LogP contribution in [0.1, 0.15) is 16.1 Å². The van der Waals surface area contributed by atoms with Gasteiger partial charge in [-0.2, -0.15) is 5.10 Å². The van der Waals surface area contributed by atoms with E-state index in [1.807, 2.05) is 31.2 Å². The second-order valence-corrected chi connectivity index (χ2v) is 5.56. The molecule has 3 rings (SSSR count). The summed E-state index contributed by atoms with van der Waals surface area (Å²) in [6.07, 6.45) is -4.76. The maximum Gasteiger partial charge on any atom is 0.573 e. The Balaban J connectivity index is 1.68. The standard InChI is InChI=1S/C18H14F3N3O2/c1-11-2-4-12(5-3-11)15-10-16(24-23-15)17(25)22-13-6-8-14(9-7-13)26-18(19,20)21/h2-10H,1H3,(H,22,25)(H,23,24). The molecule has 0 aliphatic heterocycles. The van der Waals surface area contributed by atoms with Crippen molar-refractivity contribution in [3.8, 4) is 17.0 Å². The van der Waals surface area contributed by atoms with E-state index in [-0.39, 0.29) is 11.4 Å². The average molecular weight is 361 g/mol. The van der Waals surface area contributed by atoms with E-state index in [2.05, 4.69) is 20.3 Å². The van der Waals surface area contributed by atoms with E-state index >= 15 is 0 Å². The van der Waals surface area contributed by atoms with Gasteiger partial charge in [-0.1, -0.05) is 29.8 Å². The highest BCUT2D eigenvalue weighted by Gasteiger charge is 2.30. The van der Waals surface area contributed by atoms with Crippen LogP contribution in [0.4, 0.5) is 18.9 Å². The lowest BCUT2D eigenvalue weighted by Crippen LogP contribution is -2.17. The third kappa shape index (κ3) is 4.41. The number of halogens is 3. The van der Waals surface area contributed by atoms with Gasteiger partial charge in [0, 0.05) is 11.3 Å². The first kappa shape index (κ1) is 17.5. The molecule has 0 spiro atoms. The van der Waals surface area contributed by atoms with Crippen molar-refractivity contribution in [2.75, 3.05) is 5.32 Å². The fourth-order valence-corrected chi connectivity index (χ4v) is 2.25. The van der Waals surface area contributed by atoms with Crippen LogP contribution in [0, 0.1) is 6.92 Å². The quantitative estimate of drug-likeness (QED) is 0.717. The summed E-state index contributed by atoms with van der Waals surface area (Å²) in [6.45, 7) is 1.97. The first-order valence-corrected chi connectivity index (χ1v) is 7.60. The molecule has 134 valence electrons. The number of nitrogens with zero attached hydrogens (tertiary/aromatic N) is 1. The van der Waals surface area contributed by atoms with E-state index < -0.39 is 12.3 Å². The van der Waals surface area contributed by atoms with Crippen LogP contribution in [0.5, 0.6) is 5.75 Å². The first-order valence-electron chi connectivity index (χ1n) is 7.60. The summed E-state index contributed by atoms with van der Waals surface area (Å²) < 4.78 is 40.2. The van der Waals surface area contributed by atoms with Gasteiger partial charge in [0.1, 0.15) is 11.4 Å². The second-order valence-electron chi connectivity index (χ2n) is 5.56. The molecule has 0 aliphatic rings. The smallest absolute Gasteiger partial charge is 0.406 e. The highest BCUT2D eigenvalue weighted by Crippen LogP contribution is 2.24. The second kappa shape index (κ2) is 6.91. The fraction of sp³-hybridized carbons (Fsp3) is 0.111. The zero-order chi connectivity index (χ0) is 18.7. The molecule has 2 N–H and O–H groups in total. The number of amides is 1. The molecule has 1 heterocycles. The monoisotopic (exact) mass is 361 g/mol. The van der Waals surface area contributed by atoms with E-state index in [4.69, 9.17) is 0 Å². The predicted octanol–water partition coefficient (Wildman–Crippen LogP) is 4.54. The zero-order valence-electron chi connectivity index (χ0n) is 13.6. The van der Waals surface area contributed by atoms with E-state index in [1.165, 1.54) is 12.1 Å². The molecule has 8 heteroatoms. The number of aryl methyl sites for hydroxylation is 1. The molecule has 3 aromatic rings. The number of hydrogen-bond acceptors (Lipinski definition) is 3. The normalized spacial score (nSPS) is 11.2. The largest absolute Gasteiger partial charge is 0.573 e. The van der Waals surface area contributed by atoms with Crippen LogP contribution >= 0.6 is 0 Å². The van der Waals surface area contributed by atoms with Gasteiger partial charge in [-0.3, -0.25) is 9.89 Å². The molecule has 0 saturated carbocycles. The maximum atomic E-state index is 12.2. The molecule has 0 atom stereocenters. The predicted molar refractivity (Wildman–Crippen MR) is 89.8 cm³/mol. The summed E-state index contributed by atoms with van der Waals surface area (Å²) in [5.74, 6) is -0.820. The molecule has 5 nitrogen and oxygen atoms in total. The van der Waals surface area contributed by atoms with Crippen molar-refractivity contribution < 1.29 is 22.7 Å². The lowest BCUT2D eigenvalue weighted by atomic mass is 10.1. The molecule has 0 unspecified atom stereocenters. The summed E-state index contributed by atoms with van der Waals surface area (Å²) >= 11 is 0. The van der Waals surface area contributed by atoms with E-state index in [1.54, 1.807) is 6.07 Å². The number of hydrogen-bond donors (Lipinski definition) is 2. The number of aromatic amines is 1. The van der Waals surface area contributed by atoms with Gasteiger partial charge in [0.15, 0.2) is 0 Å². The SMILES string of the molecule is Cc1ccc(-c2cc(C(=O)Nc3ccc(OC(F)(F)F)cc3)[nH]n2)cc1. The Hall–Kier alpha value is -3.29. The van der Waals surface area contributed by atoms with Gasteiger partial charge in [0.2, 0.25) is 0 Å². The average Bonchev–Trinajstić information content (AvgIpc) is 3.06. The maximum absolute atomic E-state index is 12.2. The van der Waals surface area contributed by atoms with Crippen LogP contribution in [-0.2, 0) is 0 Å². The summed E-state index contributed by atoms with van der Waals surface area (Å²) in [5.41, 5.74) is 3.15. The number of carbonyl (C=O) groups is 1. The van der Waals surface area contributed by atoms with Crippen molar-refractivity contribution in [1.82, 2.24) is 10.2 Å². The van der Waals surface area contributed by atoms with E-state index in [0.717, 1.165) is 23.3 Å². The van der Waals surface area contributed by atoms with Crippen LogP contribution in [0.25, 0.3) is 11.3 Å². The number of benzene rings is 2. The number of carbonyl (C=O) groups excluding carboxylic acids is 1. The van der Waals surface area contributed by atoms with Gasteiger partial charge >= 0.3 is 6.36 Å². The Kier molecular flexibility index (Phi) is 4.66. The van der Waals surface area contributed by atoms with E-state index in [0.29, 0.717) is 11.4 Å². The summed E-state index contributed by atoms with van der Waals surface area (Å²) in [4.78, 5) is 12.2. The summed E-state index contributed by atoms with van der Waals surface area (Å²) in [7, 11) is 0. The van der Waals surface area contributed by atoms with E-state index in [9.17, 15) is 18.0 Å². The molecular formula is C18H14F3N3O2. The molecule has 0 bridgehead atoms. The van der Waals surface area contributed by atoms with Crippen LogP contribution in [0.2, 0.25) is 0 Å².